The van der Waals surface area contributed by atoms with E-state index < -0.39 is 10.0 Å². The minimum atomic E-state index is -3.52. The van der Waals surface area contributed by atoms with Crippen molar-refractivity contribution in [1.29, 1.82) is 0 Å². The number of halogens is 1. The van der Waals surface area contributed by atoms with Crippen LogP contribution in [0.4, 0.5) is 0 Å². The van der Waals surface area contributed by atoms with Crippen molar-refractivity contribution in [2.45, 2.75) is 4.90 Å². The molecule has 0 aliphatic rings. The Hall–Kier alpha value is -1.57. The summed E-state index contributed by atoms with van der Waals surface area (Å²) in [6, 6.07) is 5.03. The summed E-state index contributed by atoms with van der Waals surface area (Å²) in [6.07, 6.45) is 2.71. The van der Waals surface area contributed by atoms with Gasteiger partial charge in [0.1, 0.15) is 16.3 Å². The maximum atomic E-state index is 12.0. The maximum Gasteiger partial charge on any atom is 0.245 e. The lowest BCUT2D eigenvalue weighted by Crippen LogP contribution is -2.21. The number of hydrogen-bond donors (Lipinski definition) is 0. The monoisotopic (exact) mass is 315 g/mol. The van der Waals surface area contributed by atoms with E-state index >= 15 is 0 Å². The standard InChI is InChI=1S/C12H14ClN3O3S/c1-15(2)20(17,18)10-7-14-16(8-10)11-6-9(13)4-5-12(11)19-3/h4-8H,1-3H3. The molecule has 0 aliphatic carbocycles. The quantitative estimate of drug-likeness (QED) is 0.863. The van der Waals surface area contributed by atoms with E-state index in [2.05, 4.69) is 5.10 Å². The fourth-order valence-electron chi connectivity index (χ4n) is 1.62. The Morgan fingerprint density at radius 3 is 2.65 bits per heavy atom. The normalized spacial score (nSPS) is 11.8. The average Bonchev–Trinajstić information content (AvgIpc) is 2.88. The molecule has 0 spiro atoms. The minimum Gasteiger partial charge on any atom is -0.494 e. The summed E-state index contributed by atoms with van der Waals surface area (Å²) in [5.41, 5.74) is 0.570. The Bertz CT molecular complexity index is 725. The molecule has 0 bridgehead atoms. The molecule has 0 atom stereocenters. The van der Waals surface area contributed by atoms with E-state index in [9.17, 15) is 8.42 Å². The van der Waals surface area contributed by atoms with Crippen LogP contribution in [0.15, 0.2) is 35.5 Å². The van der Waals surface area contributed by atoms with Gasteiger partial charge in [-0.25, -0.2) is 17.4 Å². The van der Waals surface area contributed by atoms with Crippen molar-refractivity contribution in [3.05, 3.63) is 35.6 Å². The van der Waals surface area contributed by atoms with Crippen molar-refractivity contribution in [1.82, 2.24) is 14.1 Å². The van der Waals surface area contributed by atoms with Gasteiger partial charge in [0, 0.05) is 19.1 Å². The van der Waals surface area contributed by atoms with Crippen molar-refractivity contribution in [2.24, 2.45) is 0 Å². The van der Waals surface area contributed by atoms with E-state index in [-0.39, 0.29) is 4.90 Å². The second kappa shape index (κ2) is 5.43. The van der Waals surface area contributed by atoms with Crippen LogP contribution in [0, 0.1) is 0 Å². The van der Waals surface area contributed by atoms with Crippen molar-refractivity contribution >= 4 is 21.6 Å². The van der Waals surface area contributed by atoms with E-state index in [0.717, 1.165) is 4.31 Å². The zero-order valence-corrected chi connectivity index (χ0v) is 12.8. The van der Waals surface area contributed by atoms with Crippen molar-refractivity contribution in [3.8, 4) is 11.4 Å². The van der Waals surface area contributed by atoms with Gasteiger partial charge in [-0.15, -0.1) is 0 Å². The summed E-state index contributed by atoms with van der Waals surface area (Å²) in [5, 5.41) is 4.56. The van der Waals surface area contributed by atoms with Gasteiger partial charge in [-0.2, -0.15) is 5.10 Å². The van der Waals surface area contributed by atoms with Crippen LogP contribution < -0.4 is 4.74 Å². The van der Waals surface area contributed by atoms with Gasteiger partial charge in [-0.3, -0.25) is 0 Å². The number of benzene rings is 1. The predicted octanol–water partition coefficient (Wildman–Crippen LogP) is 1.78. The van der Waals surface area contributed by atoms with Gasteiger partial charge in [0.05, 0.1) is 19.5 Å². The lowest BCUT2D eigenvalue weighted by molar-refractivity contribution is 0.411. The zero-order valence-electron chi connectivity index (χ0n) is 11.2. The summed E-state index contributed by atoms with van der Waals surface area (Å²) < 4.78 is 31.8. The molecule has 0 unspecified atom stereocenters. The van der Waals surface area contributed by atoms with E-state index in [1.807, 2.05) is 0 Å². The Morgan fingerprint density at radius 1 is 1.35 bits per heavy atom. The van der Waals surface area contributed by atoms with Gasteiger partial charge in [-0.1, -0.05) is 11.6 Å². The lowest BCUT2D eigenvalue weighted by Gasteiger charge is -2.09. The molecule has 0 aliphatic heterocycles. The maximum absolute atomic E-state index is 12.0. The molecule has 6 nitrogen and oxygen atoms in total. The molecule has 0 fully saturated rings. The number of nitrogens with zero attached hydrogens (tertiary/aromatic N) is 3. The first-order chi connectivity index (χ1) is 9.36. The third-order valence-electron chi connectivity index (χ3n) is 2.73. The third-order valence-corrected chi connectivity index (χ3v) is 4.73. The van der Waals surface area contributed by atoms with Crippen LogP contribution in [0.5, 0.6) is 5.75 Å². The first kappa shape index (κ1) is 14.8. The van der Waals surface area contributed by atoms with Crippen LogP contribution in [0.1, 0.15) is 0 Å². The Kier molecular flexibility index (Phi) is 4.03. The molecule has 0 amide bonds. The van der Waals surface area contributed by atoms with Gasteiger partial charge >= 0.3 is 0 Å². The molecule has 1 aromatic heterocycles. The Balaban J connectivity index is 2.52. The molecule has 0 radical (unpaired) electrons. The molecular formula is C12H14ClN3O3S. The zero-order chi connectivity index (χ0) is 14.9. The summed E-state index contributed by atoms with van der Waals surface area (Å²) in [5.74, 6) is 0.548. The predicted molar refractivity (Wildman–Crippen MR) is 76.0 cm³/mol. The number of aromatic nitrogens is 2. The first-order valence-electron chi connectivity index (χ1n) is 5.67. The lowest BCUT2D eigenvalue weighted by atomic mass is 10.3. The summed E-state index contributed by atoms with van der Waals surface area (Å²) in [6.45, 7) is 0. The van der Waals surface area contributed by atoms with Crippen LogP contribution >= 0.6 is 11.6 Å². The molecule has 0 N–H and O–H groups in total. The molecule has 2 aromatic rings. The molecule has 20 heavy (non-hydrogen) atoms. The summed E-state index contributed by atoms with van der Waals surface area (Å²) >= 11 is 5.95. The fraction of sp³-hybridized carbons (Fsp3) is 0.250. The average molecular weight is 316 g/mol. The fourth-order valence-corrected chi connectivity index (χ4v) is 2.63. The van der Waals surface area contributed by atoms with Crippen molar-refractivity contribution < 1.29 is 13.2 Å². The minimum absolute atomic E-state index is 0.101. The van der Waals surface area contributed by atoms with Gasteiger partial charge in [0.15, 0.2) is 0 Å². The van der Waals surface area contributed by atoms with Crippen LogP contribution in [0.3, 0.4) is 0 Å². The molecule has 0 saturated heterocycles. The molecule has 108 valence electrons. The highest BCUT2D eigenvalue weighted by Gasteiger charge is 2.20. The van der Waals surface area contributed by atoms with Crippen LogP contribution in [0.2, 0.25) is 5.02 Å². The van der Waals surface area contributed by atoms with E-state index in [0.29, 0.717) is 16.5 Å². The molecule has 1 heterocycles. The number of sulfonamides is 1. The molecule has 8 heteroatoms. The third kappa shape index (κ3) is 2.65. The number of ether oxygens (including phenoxy) is 1. The molecule has 0 saturated carbocycles. The highest BCUT2D eigenvalue weighted by Crippen LogP contribution is 2.26. The van der Waals surface area contributed by atoms with Crippen LogP contribution in [-0.4, -0.2) is 43.7 Å². The van der Waals surface area contributed by atoms with Gasteiger partial charge < -0.3 is 4.74 Å². The molecule has 2 rings (SSSR count). The van der Waals surface area contributed by atoms with E-state index in [1.54, 1.807) is 18.2 Å². The number of rotatable bonds is 4. The SMILES string of the molecule is COc1ccc(Cl)cc1-n1cc(S(=O)(=O)N(C)C)cn1. The first-order valence-corrected chi connectivity index (χ1v) is 7.49. The van der Waals surface area contributed by atoms with Gasteiger partial charge in [-0.05, 0) is 18.2 Å². The molecular weight excluding hydrogens is 302 g/mol. The van der Waals surface area contributed by atoms with Crippen LogP contribution in [0.25, 0.3) is 5.69 Å². The van der Waals surface area contributed by atoms with Gasteiger partial charge in [0.2, 0.25) is 10.0 Å². The Morgan fingerprint density at radius 2 is 2.05 bits per heavy atom. The molecule has 1 aromatic carbocycles. The summed E-state index contributed by atoms with van der Waals surface area (Å²) in [4.78, 5) is 0.101. The van der Waals surface area contributed by atoms with Crippen molar-refractivity contribution in [2.75, 3.05) is 21.2 Å². The number of methoxy groups -OCH3 is 1. The van der Waals surface area contributed by atoms with Crippen LogP contribution in [-0.2, 0) is 10.0 Å². The highest BCUT2D eigenvalue weighted by molar-refractivity contribution is 7.89. The largest absolute Gasteiger partial charge is 0.494 e. The second-order valence-corrected chi connectivity index (χ2v) is 6.81. The topological polar surface area (TPSA) is 64.4 Å². The smallest absolute Gasteiger partial charge is 0.245 e. The number of hydrogen-bond acceptors (Lipinski definition) is 4. The van der Waals surface area contributed by atoms with Gasteiger partial charge in [0.25, 0.3) is 0 Å². The van der Waals surface area contributed by atoms with E-state index in [4.69, 9.17) is 16.3 Å². The second-order valence-electron chi connectivity index (χ2n) is 4.22. The van der Waals surface area contributed by atoms with E-state index in [1.165, 1.54) is 38.3 Å². The van der Waals surface area contributed by atoms with Crippen molar-refractivity contribution in [3.63, 3.8) is 0 Å². The highest BCUT2D eigenvalue weighted by atomic mass is 35.5. The summed E-state index contributed by atoms with van der Waals surface area (Å²) in [7, 11) is 0.934. The Labute approximate surface area is 122 Å².